The molecule has 0 fully saturated rings. The molecule has 0 spiro atoms. The van der Waals surface area contributed by atoms with Gasteiger partial charge in [0.1, 0.15) is 11.4 Å². The zero-order valence-electron chi connectivity index (χ0n) is 16.3. The summed E-state index contributed by atoms with van der Waals surface area (Å²) in [7, 11) is 3.48. The molecule has 1 aliphatic heterocycles. The zero-order valence-corrected chi connectivity index (χ0v) is 17.8. The number of benzene rings is 2. The Morgan fingerprint density at radius 2 is 1.86 bits per heavy atom. The number of hydrogen-bond donors (Lipinski definition) is 1. The number of carbonyl (C=O) groups excluding carboxylic acids is 1. The van der Waals surface area contributed by atoms with Crippen LogP contribution in [0, 0.1) is 5.92 Å². The molecule has 1 N–H and O–H groups in total. The third-order valence-corrected chi connectivity index (χ3v) is 5.47. The van der Waals surface area contributed by atoms with Gasteiger partial charge in [0.25, 0.3) is 0 Å². The van der Waals surface area contributed by atoms with Crippen molar-refractivity contribution < 1.29 is 9.21 Å². The lowest BCUT2D eigenvalue weighted by Gasteiger charge is -2.30. The highest BCUT2D eigenvalue weighted by Gasteiger charge is 2.37. The molecule has 0 saturated heterocycles. The first-order valence-corrected chi connectivity index (χ1v) is 9.94. The first-order chi connectivity index (χ1) is 13.9. The van der Waals surface area contributed by atoms with Crippen molar-refractivity contribution in [3.8, 4) is 0 Å². The highest BCUT2D eigenvalue weighted by Crippen LogP contribution is 2.36. The Labute approximate surface area is 176 Å². The van der Waals surface area contributed by atoms with Crippen LogP contribution in [0.1, 0.15) is 18.5 Å². The number of guanidine groups is 1. The molecule has 2 aromatic carbocycles. The molecule has 1 amide bonds. The van der Waals surface area contributed by atoms with E-state index in [0.29, 0.717) is 23.3 Å². The van der Waals surface area contributed by atoms with E-state index in [9.17, 15) is 4.79 Å². The molecular weight excluding hydrogens is 434 g/mol. The minimum atomic E-state index is -0.488. The number of para-hydroxylation sites is 2. The Balaban J connectivity index is 1.73. The van der Waals surface area contributed by atoms with E-state index in [-0.39, 0.29) is 5.91 Å². The predicted molar refractivity (Wildman–Crippen MR) is 117 cm³/mol. The van der Waals surface area contributed by atoms with Crippen molar-refractivity contribution in [3.63, 3.8) is 0 Å². The summed E-state index contributed by atoms with van der Waals surface area (Å²) in [4.78, 5) is 28.2. The molecule has 0 radical (unpaired) electrons. The van der Waals surface area contributed by atoms with Crippen LogP contribution in [0.2, 0.25) is 0 Å². The number of nitrogens with zero attached hydrogens (tertiary/aromatic N) is 4. The maximum Gasteiger partial charge on any atom is 0.302 e. The molecule has 29 heavy (non-hydrogen) atoms. The van der Waals surface area contributed by atoms with Crippen LogP contribution in [0.4, 0.5) is 6.01 Å². The monoisotopic (exact) mass is 453 g/mol. The summed E-state index contributed by atoms with van der Waals surface area (Å²) in [5.41, 5.74) is 3.02. The van der Waals surface area contributed by atoms with Gasteiger partial charge < -0.3 is 9.32 Å². The fourth-order valence-electron chi connectivity index (χ4n) is 3.34. The fourth-order valence-corrected chi connectivity index (χ4v) is 3.86. The number of nitrogens with one attached hydrogen (secondary N) is 1. The lowest BCUT2D eigenvalue weighted by Crippen LogP contribution is -2.40. The molecule has 1 aliphatic rings. The number of aliphatic imine (C=N–C) groups is 2. The predicted octanol–water partition coefficient (Wildman–Crippen LogP) is 4.28. The first-order valence-electron chi connectivity index (χ1n) is 9.15. The van der Waals surface area contributed by atoms with Crippen LogP contribution in [-0.4, -0.2) is 41.6 Å². The number of rotatable bonds is 3. The van der Waals surface area contributed by atoms with Crippen LogP contribution in [0.5, 0.6) is 0 Å². The van der Waals surface area contributed by atoms with Gasteiger partial charge >= 0.3 is 6.01 Å². The normalized spacial score (nSPS) is 18.9. The zero-order chi connectivity index (χ0) is 20.5. The van der Waals surface area contributed by atoms with E-state index in [1.165, 1.54) is 0 Å². The van der Waals surface area contributed by atoms with Crippen LogP contribution in [0.25, 0.3) is 11.1 Å². The van der Waals surface area contributed by atoms with E-state index in [4.69, 9.17) is 9.41 Å². The molecule has 148 valence electrons. The number of hydrogen-bond acceptors (Lipinski definition) is 6. The van der Waals surface area contributed by atoms with Gasteiger partial charge in [0.05, 0.1) is 6.04 Å². The summed E-state index contributed by atoms with van der Waals surface area (Å²) >= 11 is 3.59. The summed E-state index contributed by atoms with van der Waals surface area (Å²) in [6, 6.07) is 15.2. The average molecular weight is 454 g/mol. The van der Waals surface area contributed by atoms with Crippen molar-refractivity contribution >= 4 is 50.6 Å². The number of oxazole rings is 1. The number of halogens is 1. The molecule has 2 unspecified atom stereocenters. The smallest absolute Gasteiger partial charge is 0.302 e. The quantitative estimate of drug-likeness (QED) is 0.641. The Bertz CT molecular complexity index is 1100. The lowest BCUT2D eigenvalue weighted by molar-refractivity contribution is -0.131. The number of fused-ring (bicyclic) bond motifs is 1. The minimum absolute atomic E-state index is 0.0448. The summed E-state index contributed by atoms with van der Waals surface area (Å²) in [6.45, 7) is 1.85. The van der Waals surface area contributed by atoms with Crippen LogP contribution < -0.4 is 5.32 Å². The second-order valence-electron chi connectivity index (χ2n) is 6.99. The minimum Gasteiger partial charge on any atom is -0.423 e. The lowest BCUT2D eigenvalue weighted by atomic mass is 9.88. The SMILES string of the molecule is CC1=NC(Nc2nc3ccccc3o2)=NC(c2ccccc2Br)C1C(=O)N(C)C. The van der Waals surface area contributed by atoms with Crippen LogP contribution in [-0.2, 0) is 4.79 Å². The maximum absolute atomic E-state index is 12.9. The summed E-state index contributed by atoms with van der Waals surface area (Å²) < 4.78 is 6.62. The number of amides is 1. The van der Waals surface area contributed by atoms with Gasteiger partial charge in [-0.3, -0.25) is 10.1 Å². The Kier molecular flexibility index (Phi) is 5.19. The Morgan fingerprint density at radius 1 is 1.14 bits per heavy atom. The Hall–Kier alpha value is -3.00. The maximum atomic E-state index is 12.9. The van der Waals surface area contributed by atoms with E-state index in [0.717, 1.165) is 15.6 Å². The van der Waals surface area contributed by atoms with E-state index in [2.05, 4.69) is 31.2 Å². The molecule has 8 heteroatoms. The van der Waals surface area contributed by atoms with Gasteiger partial charge in [-0.1, -0.05) is 46.3 Å². The molecule has 0 aliphatic carbocycles. The Morgan fingerprint density at radius 3 is 2.59 bits per heavy atom. The molecule has 0 saturated carbocycles. The van der Waals surface area contributed by atoms with Crippen LogP contribution in [0.15, 0.2) is 67.4 Å². The second-order valence-corrected chi connectivity index (χ2v) is 7.85. The van der Waals surface area contributed by atoms with Gasteiger partial charge in [-0.05, 0) is 30.7 Å². The van der Waals surface area contributed by atoms with Crippen molar-refractivity contribution in [3.05, 3.63) is 58.6 Å². The third-order valence-electron chi connectivity index (χ3n) is 4.75. The van der Waals surface area contributed by atoms with Gasteiger partial charge in [-0.15, -0.1) is 0 Å². The average Bonchev–Trinajstić information content (AvgIpc) is 3.09. The van der Waals surface area contributed by atoms with Gasteiger partial charge in [-0.25, -0.2) is 9.98 Å². The summed E-state index contributed by atoms with van der Waals surface area (Å²) in [5.74, 6) is -0.174. The van der Waals surface area contributed by atoms with Gasteiger partial charge in [0.2, 0.25) is 11.9 Å². The molecule has 7 nitrogen and oxygen atoms in total. The van der Waals surface area contributed by atoms with Crippen LogP contribution >= 0.6 is 15.9 Å². The van der Waals surface area contributed by atoms with E-state index >= 15 is 0 Å². The highest BCUT2D eigenvalue weighted by atomic mass is 79.9. The molecule has 3 aromatic rings. The van der Waals surface area contributed by atoms with Gasteiger partial charge in [-0.2, -0.15) is 4.98 Å². The molecule has 1 aromatic heterocycles. The molecular formula is C21H20BrN5O2. The molecule has 0 bridgehead atoms. The topological polar surface area (TPSA) is 83.1 Å². The largest absolute Gasteiger partial charge is 0.423 e. The first kappa shape index (κ1) is 19.3. The van der Waals surface area contributed by atoms with Crippen LogP contribution in [0.3, 0.4) is 0 Å². The van der Waals surface area contributed by atoms with Crippen molar-refractivity contribution in [2.24, 2.45) is 15.9 Å². The number of anilines is 1. The third kappa shape index (κ3) is 3.80. The summed E-state index contributed by atoms with van der Waals surface area (Å²) in [6.07, 6.45) is 0. The van der Waals surface area contributed by atoms with Crippen molar-refractivity contribution in [1.29, 1.82) is 0 Å². The van der Waals surface area contributed by atoms with Crippen molar-refractivity contribution in [2.75, 3.05) is 19.4 Å². The summed E-state index contributed by atoms with van der Waals surface area (Å²) in [5, 5.41) is 3.05. The van der Waals surface area contributed by atoms with Crippen molar-refractivity contribution in [2.45, 2.75) is 13.0 Å². The van der Waals surface area contributed by atoms with E-state index in [1.54, 1.807) is 19.0 Å². The highest BCUT2D eigenvalue weighted by molar-refractivity contribution is 9.10. The molecule has 2 atom stereocenters. The van der Waals surface area contributed by atoms with Gasteiger partial charge in [0, 0.05) is 24.3 Å². The second kappa shape index (κ2) is 7.79. The molecule has 4 rings (SSSR count). The number of carbonyl (C=O) groups is 1. The molecule has 2 heterocycles. The van der Waals surface area contributed by atoms with E-state index in [1.807, 2.05) is 55.5 Å². The fraction of sp³-hybridized carbons (Fsp3) is 0.238. The van der Waals surface area contributed by atoms with E-state index < -0.39 is 12.0 Å². The van der Waals surface area contributed by atoms with Crippen molar-refractivity contribution in [1.82, 2.24) is 9.88 Å². The standard InChI is InChI=1S/C21H20BrN5O2/c1-12-17(19(28)27(2)3)18(13-8-4-5-9-14(13)22)25-20(23-12)26-21-24-15-10-6-7-11-16(15)29-21/h4-11,17-18H,1-3H3,(H,24,25,26). The number of aromatic nitrogens is 1. The van der Waals surface area contributed by atoms with Gasteiger partial charge in [0.15, 0.2) is 5.58 Å².